The maximum absolute atomic E-state index is 13.4. The van der Waals surface area contributed by atoms with Gasteiger partial charge in [-0.15, -0.1) is 11.3 Å². The van der Waals surface area contributed by atoms with Gasteiger partial charge in [-0.1, -0.05) is 23.7 Å². The lowest BCUT2D eigenvalue weighted by Crippen LogP contribution is -2.43. The molecule has 0 unspecified atom stereocenters. The average molecular weight is 520 g/mol. The molecule has 180 valence electrons. The van der Waals surface area contributed by atoms with Crippen molar-refractivity contribution in [3.05, 3.63) is 57.9 Å². The van der Waals surface area contributed by atoms with Crippen LogP contribution in [0.15, 0.2) is 52.7 Å². The number of nitrogens with zero attached hydrogens (tertiary/aromatic N) is 2. The minimum Gasteiger partial charge on any atom is -0.492 e. The van der Waals surface area contributed by atoms with Gasteiger partial charge in [-0.05, 0) is 57.0 Å². The van der Waals surface area contributed by atoms with Gasteiger partial charge >= 0.3 is 0 Å². The van der Waals surface area contributed by atoms with Gasteiger partial charge in [0.1, 0.15) is 10.6 Å². The number of ether oxygens (including phenoxy) is 1. The molecule has 0 bridgehead atoms. The lowest BCUT2D eigenvalue weighted by atomic mass is 9.98. The summed E-state index contributed by atoms with van der Waals surface area (Å²) in [6.07, 6.45) is 1.19. The molecule has 1 fully saturated rings. The third kappa shape index (κ3) is 5.43. The Kier molecular flexibility index (Phi) is 7.57. The Morgan fingerprint density at radius 3 is 2.85 bits per heavy atom. The van der Waals surface area contributed by atoms with Gasteiger partial charge in [-0.25, -0.2) is 13.4 Å². The molecule has 0 aliphatic carbocycles. The van der Waals surface area contributed by atoms with Gasteiger partial charge < -0.3 is 10.1 Å². The maximum Gasteiger partial charge on any atom is 0.246 e. The van der Waals surface area contributed by atoms with Crippen molar-refractivity contribution in [2.45, 2.75) is 31.6 Å². The third-order valence-corrected chi connectivity index (χ3v) is 8.52. The fourth-order valence-corrected chi connectivity index (χ4v) is 6.51. The van der Waals surface area contributed by atoms with Crippen LogP contribution in [0.5, 0.6) is 5.75 Å². The second-order valence-electron chi connectivity index (χ2n) is 8.05. The number of hydrogen-bond donors (Lipinski definition) is 1. The van der Waals surface area contributed by atoms with E-state index < -0.39 is 15.9 Å². The Balaban J connectivity index is 1.50. The summed E-state index contributed by atoms with van der Waals surface area (Å²) < 4.78 is 33.7. The van der Waals surface area contributed by atoms with E-state index in [1.165, 1.54) is 10.4 Å². The van der Waals surface area contributed by atoms with Gasteiger partial charge in [0.2, 0.25) is 15.9 Å². The predicted octanol–water partition coefficient (Wildman–Crippen LogP) is 5.21. The van der Waals surface area contributed by atoms with Crippen LogP contribution in [0.2, 0.25) is 5.02 Å². The average Bonchev–Trinajstić information content (AvgIpc) is 3.27. The summed E-state index contributed by atoms with van der Waals surface area (Å²) in [5.74, 6) is -0.418. The molecule has 1 N–H and O–H groups in total. The molecule has 1 aliphatic rings. The van der Waals surface area contributed by atoms with Crippen LogP contribution in [0.4, 0.5) is 5.69 Å². The number of anilines is 1. The van der Waals surface area contributed by atoms with E-state index in [1.807, 2.05) is 36.6 Å². The Morgan fingerprint density at radius 1 is 1.29 bits per heavy atom. The van der Waals surface area contributed by atoms with E-state index in [-0.39, 0.29) is 23.1 Å². The number of sulfonamides is 1. The van der Waals surface area contributed by atoms with E-state index in [9.17, 15) is 13.2 Å². The molecular weight excluding hydrogens is 494 g/mol. The zero-order valence-corrected chi connectivity index (χ0v) is 21.3. The molecule has 0 saturated carbocycles. The fourth-order valence-electron chi connectivity index (χ4n) is 3.97. The Hall–Kier alpha value is -2.46. The molecule has 7 nitrogen and oxygen atoms in total. The van der Waals surface area contributed by atoms with Gasteiger partial charge in [0, 0.05) is 34.7 Å². The number of hydrogen-bond acceptors (Lipinski definition) is 6. The minimum atomic E-state index is -3.88. The summed E-state index contributed by atoms with van der Waals surface area (Å²) in [6, 6.07) is 12.1. The zero-order chi connectivity index (χ0) is 24.3. The van der Waals surface area contributed by atoms with E-state index in [0.717, 1.165) is 16.3 Å². The highest BCUT2D eigenvalue weighted by Gasteiger charge is 2.35. The van der Waals surface area contributed by atoms with Crippen molar-refractivity contribution in [1.82, 2.24) is 9.29 Å². The fraction of sp³-hybridized carbons (Fsp3) is 0.333. The first-order chi connectivity index (χ1) is 16.3. The molecule has 0 radical (unpaired) electrons. The highest BCUT2D eigenvalue weighted by atomic mass is 35.5. The number of nitrogens with one attached hydrogen (secondary N) is 1. The van der Waals surface area contributed by atoms with Crippen LogP contribution < -0.4 is 10.1 Å². The SMILES string of the molecule is CCOc1ccc(Cl)cc1S(=O)(=O)N1CCC[C@@H](C(=O)Nc2cccc(-c3csc(C)n3)c2)C1. The van der Waals surface area contributed by atoms with Crippen LogP contribution in [0.3, 0.4) is 0 Å². The number of piperidine rings is 1. The smallest absolute Gasteiger partial charge is 0.246 e. The zero-order valence-electron chi connectivity index (χ0n) is 19.0. The van der Waals surface area contributed by atoms with Crippen LogP contribution in [0.25, 0.3) is 11.3 Å². The van der Waals surface area contributed by atoms with Crippen molar-refractivity contribution in [2.24, 2.45) is 5.92 Å². The number of rotatable bonds is 7. The number of benzene rings is 2. The van der Waals surface area contributed by atoms with Crippen LogP contribution in [0, 0.1) is 12.8 Å². The molecule has 1 atom stereocenters. The number of aromatic nitrogens is 1. The molecule has 1 saturated heterocycles. The Morgan fingerprint density at radius 2 is 2.12 bits per heavy atom. The van der Waals surface area contributed by atoms with E-state index in [0.29, 0.717) is 36.7 Å². The monoisotopic (exact) mass is 519 g/mol. The summed E-state index contributed by atoms with van der Waals surface area (Å²) in [6.45, 7) is 4.50. The molecule has 0 spiro atoms. The molecule has 1 aliphatic heterocycles. The summed E-state index contributed by atoms with van der Waals surface area (Å²) in [4.78, 5) is 17.6. The molecule has 34 heavy (non-hydrogen) atoms. The van der Waals surface area contributed by atoms with E-state index >= 15 is 0 Å². The number of halogens is 1. The van der Waals surface area contributed by atoms with Gasteiger partial charge in [0.25, 0.3) is 0 Å². The van der Waals surface area contributed by atoms with E-state index in [4.69, 9.17) is 16.3 Å². The molecule has 2 aromatic carbocycles. The molecule has 4 rings (SSSR count). The van der Waals surface area contributed by atoms with Crippen LogP contribution in [-0.4, -0.2) is 43.3 Å². The molecule has 1 amide bonds. The van der Waals surface area contributed by atoms with Crippen molar-refractivity contribution >= 4 is 44.6 Å². The normalized spacial score (nSPS) is 16.9. The topological polar surface area (TPSA) is 88.6 Å². The Bertz CT molecular complexity index is 1290. The highest BCUT2D eigenvalue weighted by molar-refractivity contribution is 7.89. The van der Waals surface area contributed by atoms with Gasteiger partial charge in [-0.3, -0.25) is 4.79 Å². The van der Waals surface area contributed by atoms with Gasteiger partial charge in [0.15, 0.2) is 0 Å². The van der Waals surface area contributed by atoms with Crippen molar-refractivity contribution in [3.8, 4) is 17.0 Å². The third-order valence-electron chi connectivity index (χ3n) is 5.62. The maximum atomic E-state index is 13.4. The van der Waals surface area contributed by atoms with Crippen LogP contribution in [-0.2, 0) is 14.8 Å². The predicted molar refractivity (Wildman–Crippen MR) is 135 cm³/mol. The molecule has 10 heteroatoms. The van der Waals surface area contributed by atoms with E-state index in [1.54, 1.807) is 30.4 Å². The number of carbonyl (C=O) groups is 1. The second-order valence-corrected chi connectivity index (χ2v) is 11.5. The van der Waals surface area contributed by atoms with Crippen molar-refractivity contribution in [3.63, 3.8) is 0 Å². The first-order valence-corrected chi connectivity index (χ1v) is 13.7. The quantitative estimate of drug-likeness (QED) is 0.463. The van der Waals surface area contributed by atoms with Crippen molar-refractivity contribution < 1.29 is 17.9 Å². The van der Waals surface area contributed by atoms with Gasteiger partial charge in [-0.2, -0.15) is 4.31 Å². The lowest BCUT2D eigenvalue weighted by molar-refractivity contribution is -0.120. The first-order valence-electron chi connectivity index (χ1n) is 11.0. The van der Waals surface area contributed by atoms with Crippen LogP contribution in [0.1, 0.15) is 24.8 Å². The summed E-state index contributed by atoms with van der Waals surface area (Å²) in [5, 5.41) is 6.21. The lowest BCUT2D eigenvalue weighted by Gasteiger charge is -2.31. The number of amides is 1. The summed E-state index contributed by atoms with van der Waals surface area (Å²) >= 11 is 7.65. The number of carbonyl (C=O) groups excluding carboxylic acids is 1. The number of aryl methyl sites for hydroxylation is 1. The van der Waals surface area contributed by atoms with E-state index in [2.05, 4.69) is 10.3 Å². The second kappa shape index (κ2) is 10.4. The summed E-state index contributed by atoms with van der Waals surface area (Å²) in [7, 11) is -3.88. The largest absolute Gasteiger partial charge is 0.492 e. The first kappa shape index (κ1) is 24.7. The standard InChI is InChI=1S/C24H26ClN3O4S2/c1-3-32-22-10-9-19(25)13-23(22)34(30,31)28-11-5-7-18(14-28)24(29)27-20-8-4-6-17(12-20)21-15-33-16(2)26-21/h4,6,8-10,12-13,15,18H,3,5,7,11,14H2,1-2H3,(H,27,29)/t18-/m1/s1. The van der Waals surface area contributed by atoms with Crippen LogP contribution >= 0.6 is 22.9 Å². The minimum absolute atomic E-state index is 0.0224. The van der Waals surface area contributed by atoms with Gasteiger partial charge in [0.05, 0.1) is 23.2 Å². The molecule has 3 aromatic rings. The molecule has 1 aromatic heterocycles. The number of thiazole rings is 1. The molecule has 2 heterocycles. The molecular formula is C24H26ClN3O4S2. The summed E-state index contributed by atoms with van der Waals surface area (Å²) in [5.41, 5.74) is 2.43. The van der Waals surface area contributed by atoms with Crippen molar-refractivity contribution in [1.29, 1.82) is 0 Å². The Labute approximate surface area is 208 Å². The van der Waals surface area contributed by atoms with Crippen molar-refractivity contribution in [2.75, 3.05) is 25.0 Å². The highest BCUT2D eigenvalue weighted by Crippen LogP contribution is 2.32.